The number of aromatic amines is 1. The number of H-pyrrole nitrogens is 1. The summed E-state index contributed by atoms with van der Waals surface area (Å²) >= 11 is 6.19. The van der Waals surface area contributed by atoms with Gasteiger partial charge in [0.1, 0.15) is 12.0 Å². The Kier molecular flexibility index (Phi) is 5.16. The molecule has 28 heavy (non-hydrogen) atoms. The maximum Gasteiger partial charge on any atom is 0.269 e. The number of benzene rings is 1. The van der Waals surface area contributed by atoms with Gasteiger partial charge < -0.3 is 14.6 Å². The number of aromatic nitrogens is 2. The molecule has 7 nitrogen and oxygen atoms in total. The number of nitrogens with zero attached hydrogens (tertiary/aromatic N) is 2. The molecule has 144 valence electrons. The largest absolute Gasteiger partial charge is 0.472 e. The molecule has 2 amide bonds. The van der Waals surface area contributed by atoms with Gasteiger partial charge in [-0.1, -0.05) is 29.8 Å². The Morgan fingerprint density at radius 3 is 2.71 bits per heavy atom. The Morgan fingerprint density at radius 1 is 1.21 bits per heavy atom. The van der Waals surface area contributed by atoms with Crippen molar-refractivity contribution >= 4 is 23.4 Å². The number of hydrogen-bond donors (Lipinski definition) is 2. The molecule has 0 radical (unpaired) electrons. The molecule has 0 saturated carbocycles. The maximum absolute atomic E-state index is 12.5. The van der Waals surface area contributed by atoms with Crippen molar-refractivity contribution in [1.82, 2.24) is 20.4 Å². The fourth-order valence-corrected chi connectivity index (χ4v) is 3.54. The van der Waals surface area contributed by atoms with Crippen LogP contribution in [-0.4, -0.2) is 46.0 Å². The summed E-state index contributed by atoms with van der Waals surface area (Å²) in [6.07, 6.45) is 4.33. The zero-order valence-electron chi connectivity index (χ0n) is 15.0. The average molecular weight is 399 g/mol. The topological polar surface area (TPSA) is 91.2 Å². The van der Waals surface area contributed by atoms with Gasteiger partial charge in [-0.15, -0.1) is 0 Å². The van der Waals surface area contributed by atoms with Crippen LogP contribution in [0.5, 0.6) is 0 Å². The third kappa shape index (κ3) is 3.80. The zero-order chi connectivity index (χ0) is 19.5. The Hall–Kier alpha value is -3.06. The first-order chi connectivity index (χ1) is 13.6. The van der Waals surface area contributed by atoms with Crippen LogP contribution >= 0.6 is 11.6 Å². The molecule has 1 saturated heterocycles. The summed E-state index contributed by atoms with van der Waals surface area (Å²) in [4.78, 5) is 26.6. The third-order valence-electron chi connectivity index (χ3n) is 4.86. The normalized spacial score (nSPS) is 14.8. The van der Waals surface area contributed by atoms with Gasteiger partial charge in [0.15, 0.2) is 0 Å². The van der Waals surface area contributed by atoms with Crippen molar-refractivity contribution in [3.63, 3.8) is 0 Å². The Labute approximate surface area is 166 Å². The van der Waals surface area contributed by atoms with E-state index in [1.54, 1.807) is 23.1 Å². The molecule has 1 aromatic carbocycles. The SMILES string of the molecule is O=C(NC1CCN(C(=O)c2ccoc2)CC1)c1cc(-c2ccccc2Cl)n[nH]1. The molecule has 2 N–H and O–H groups in total. The summed E-state index contributed by atoms with van der Waals surface area (Å²) in [5, 5.41) is 10.6. The summed E-state index contributed by atoms with van der Waals surface area (Å²) in [6, 6.07) is 10.7. The molecule has 0 atom stereocenters. The van der Waals surface area contributed by atoms with Crippen molar-refractivity contribution in [3.05, 3.63) is 65.2 Å². The van der Waals surface area contributed by atoms with E-state index in [0.29, 0.717) is 47.9 Å². The monoisotopic (exact) mass is 398 g/mol. The number of carbonyl (C=O) groups is 2. The maximum atomic E-state index is 12.5. The molecule has 0 bridgehead atoms. The number of furan rings is 1. The molecule has 4 rings (SSSR count). The molecule has 0 aliphatic carbocycles. The van der Waals surface area contributed by atoms with E-state index >= 15 is 0 Å². The van der Waals surface area contributed by atoms with Gasteiger partial charge >= 0.3 is 0 Å². The Bertz CT molecular complexity index is 975. The number of likely N-dealkylation sites (tertiary alicyclic amines) is 1. The second kappa shape index (κ2) is 7.90. The van der Waals surface area contributed by atoms with Crippen LogP contribution in [0.2, 0.25) is 5.02 Å². The van der Waals surface area contributed by atoms with Crippen molar-refractivity contribution < 1.29 is 14.0 Å². The quantitative estimate of drug-likeness (QED) is 0.705. The van der Waals surface area contributed by atoms with Gasteiger partial charge in [0.25, 0.3) is 11.8 Å². The van der Waals surface area contributed by atoms with Gasteiger partial charge in [0.2, 0.25) is 0 Å². The fourth-order valence-electron chi connectivity index (χ4n) is 3.30. The van der Waals surface area contributed by atoms with Crippen LogP contribution in [0.3, 0.4) is 0 Å². The van der Waals surface area contributed by atoms with E-state index < -0.39 is 0 Å². The lowest BCUT2D eigenvalue weighted by atomic mass is 10.0. The number of hydrogen-bond acceptors (Lipinski definition) is 4. The van der Waals surface area contributed by atoms with E-state index in [4.69, 9.17) is 16.0 Å². The van der Waals surface area contributed by atoms with Crippen molar-refractivity contribution in [2.45, 2.75) is 18.9 Å². The van der Waals surface area contributed by atoms with Crippen molar-refractivity contribution in [3.8, 4) is 11.3 Å². The molecule has 3 heterocycles. The minimum atomic E-state index is -0.217. The van der Waals surface area contributed by atoms with Crippen LogP contribution in [0, 0.1) is 0 Å². The highest BCUT2D eigenvalue weighted by molar-refractivity contribution is 6.33. The zero-order valence-corrected chi connectivity index (χ0v) is 15.8. The van der Waals surface area contributed by atoms with Crippen molar-refractivity contribution in [1.29, 1.82) is 0 Å². The van der Waals surface area contributed by atoms with E-state index in [0.717, 1.165) is 5.56 Å². The molecule has 1 fully saturated rings. The van der Waals surface area contributed by atoms with Gasteiger partial charge in [-0.2, -0.15) is 5.10 Å². The lowest BCUT2D eigenvalue weighted by Crippen LogP contribution is -2.46. The van der Waals surface area contributed by atoms with Gasteiger partial charge in [0, 0.05) is 24.7 Å². The first kappa shape index (κ1) is 18.3. The first-order valence-corrected chi connectivity index (χ1v) is 9.42. The summed E-state index contributed by atoms with van der Waals surface area (Å²) in [5.41, 5.74) is 2.32. The number of rotatable bonds is 4. The predicted octanol–water partition coefficient (Wildman–Crippen LogP) is 3.36. The molecule has 1 aliphatic heterocycles. The second-order valence-corrected chi connectivity index (χ2v) is 7.11. The smallest absolute Gasteiger partial charge is 0.269 e. The number of nitrogens with one attached hydrogen (secondary N) is 2. The van der Waals surface area contributed by atoms with E-state index in [-0.39, 0.29) is 17.9 Å². The van der Waals surface area contributed by atoms with Gasteiger partial charge in [0.05, 0.1) is 22.5 Å². The molecule has 0 unspecified atom stereocenters. The molecular formula is C20H19ClN4O3. The van der Waals surface area contributed by atoms with E-state index in [9.17, 15) is 9.59 Å². The summed E-state index contributed by atoms with van der Waals surface area (Å²) in [5.74, 6) is -0.262. The van der Waals surface area contributed by atoms with Crippen molar-refractivity contribution in [2.75, 3.05) is 13.1 Å². The fraction of sp³-hybridized carbons (Fsp3) is 0.250. The predicted molar refractivity (Wildman–Crippen MR) is 104 cm³/mol. The van der Waals surface area contributed by atoms with Crippen LogP contribution in [0.1, 0.15) is 33.7 Å². The molecule has 8 heteroatoms. The summed E-state index contributed by atoms with van der Waals surface area (Å²) in [7, 11) is 0. The molecule has 3 aromatic rings. The highest BCUT2D eigenvalue weighted by Gasteiger charge is 2.25. The highest BCUT2D eigenvalue weighted by Crippen LogP contribution is 2.26. The molecule has 2 aromatic heterocycles. The van der Waals surface area contributed by atoms with Crippen LogP contribution in [0.4, 0.5) is 0 Å². The van der Waals surface area contributed by atoms with Crippen LogP contribution in [-0.2, 0) is 0 Å². The third-order valence-corrected chi connectivity index (χ3v) is 5.19. The van der Waals surface area contributed by atoms with Crippen molar-refractivity contribution in [2.24, 2.45) is 0 Å². The van der Waals surface area contributed by atoms with Crippen LogP contribution in [0.25, 0.3) is 11.3 Å². The summed E-state index contributed by atoms with van der Waals surface area (Å²) in [6.45, 7) is 1.17. The summed E-state index contributed by atoms with van der Waals surface area (Å²) < 4.78 is 4.97. The minimum absolute atomic E-state index is 0.00737. The van der Waals surface area contributed by atoms with Gasteiger partial charge in [-0.3, -0.25) is 14.7 Å². The van der Waals surface area contributed by atoms with Crippen LogP contribution in [0.15, 0.2) is 53.3 Å². The number of carbonyl (C=O) groups excluding carboxylic acids is 2. The lowest BCUT2D eigenvalue weighted by Gasteiger charge is -2.32. The van der Waals surface area contributed by atoms with E-state index in [2.05, 4.69) is 15.5 Å². The standard InChI is InChI=1S/C20H19ClN4O3/c21-16-4-2-1-3-15(16)17-11-18(24-23-17)19(26)22-14-5-8-25(9-6-14)20(27)13-7-10-28-12-13/h1-4,7,10-12,14H,5-6,8-9H2,(H,22,26)(H,23,24). The average Bonchev–Trinajstić information content (AvgIpc) is 3.41. The molecule has 0 spiro atoms. The molecule has 1 aliphatic rings. The number of halogens is 1. The highest BCUT2D eigenvalue weighted by atomic mass is 35.5. The Balaban J connectivity index is 1.34. The molecular weight excluding hydrogens is 380 g/mol. The Morgan fingerprint density at radius 2 is 2.00 bits per heavy atom. The minimum Gasteiger partial charge on any atom is -0.472 e. The number of amides is 2. The first-order valence-electron chi connectivity index (χ1n) is 9.04. The second-order valence-electron chi connectivity index (χ2n) is 6.70. The number of piperidine rings is 1. The van der Waals surface area contributed by atoms with E-state index in [1.165, 1.54) is 12.5 Å². The van der Waals surface area contributed by atoms with Gasteiger partial charge in [-0.25, -0.2) is 0 Å². The van der Waals surface area contributed by atoms with Crippen LogP contribution < -0.4 is 5.32 Å². The van der Waals surface area contributed by atoms with E-state index in [1.807, 2.05) is 18.2 Å². The lowest BCUT2D eigenvalue weighted by molar-refractivity contribution is 0.0697. The van der Waals surface area contributed by atoms with Gasteiger partial charge in [-0.05, 0) is 31.0 Å².